The first-order valence-corrected chi connectivity index (χ1v) is 6.24. The van der Waals surface area contributed by atoms with Gasteiger partial charge in [0.25, 0.3) is 0 Å². The molecule has 4 heteroatoms. The first-order valence-electron chi connectivity index (χ1n) is 6.24. The van der Waals surface area contributed by atoms with Gasteiger partial charge >= 0.3 is 0 Å². The lowest BCUT2D eigenvalue weighted by atomic mass is 10.1. The van der Waals surface area contributed by atoms with Crippen LogP contribution in [0.5, 0.6) is 0 Å². The van der Waals surface area contributed by atoms with E-state index in [4.69, 9.17) is 9.47 Å². The van der Waals surface area contributed by atoms with Crippen LogP contribution in [0.4, 0.5) is 4.39 Å². The highest BCUT2D eigenvalue weighted by Gasteiger charge is 2.20. The van der Waals surface area contributed by atoms with Gasteiger partial charge < -0.3 is 14.8 Å². The fourth-order valence-electron chi connectivity index (χ4n) is 1.94. The molecule has 1 aromatic rings. The van der Waals surface area contributed by atoms with Crippen LogP contribution in [-0.2, 0) is 15.9 Å². The Bertz CT molecular complexity index is 342. The van der Waals surface area contributed by atoms with Gasteiger partial charge in [0.2, 0.25) is 0 Å². The van der Waals surface area contributed by atoms with Crippen molar-refractivity contribution in [1.29, 1.82) is 0 Å². The van der Waals surface area contributed by atoms with Gasteiger partial charge in [-0.2, -0.15) is 0 Å². The number of hydrogen-bond donors (Lipinski definition) is 1. The molecule has 1 aromatic carbocycles. The zero-order valence-electron chi connectivity index (χ0n) is 11.3. The number of hydrogen-bond acceptors (Lipinski definition) is 3. The molecule has 0 spiro atoms. The van der Waals surface area contributed by atoms with E-state index in [0.717, 1.165) is 18.5 Å². The standard InChI is InChI=1S/C14H22FNO2/c1-4-8-16-13(14(17-2)18-3)10-11-6-5-7-12(15)9-11/h5-7,9,13-14,16H,4,8,10H2,1-3H3. The van der Waals surface area contributed by atoms with Gasteiger partial charge in [-0.1, -0.05) is 19.1 Å². The third kappa shape index (κ3) is 4.72. The number of ether oxygens (including phenoxy) is 2. The SMILES string of the molecule is CCCNC(Cc1cccc(F)c1)C(OC)OC. The Labute approximate surface area is 108 Å². The molecule has 0 bridgehead atoms. The average molecular weight is 255 g/mol. The second-order valence-corrected chi connectivity index (χ2v) is 4.23. The number of rotatable bonds is 8. The molecule has 0 aromatic heterocycles. The van der Waals surface area contributed by atoms with Crippen molar-refractivity contribution in [3.63, 3.8) is 0 Å². The van der Waals surface area contributed by atoms with Crippen molar-refractivity contribution in [1.82, 2.24) is 5.32 Å². The number of nitrogens with one attached hydrogen (secondary N) is 1. The predicted octanol–water partition coefficient (Wildman–Crippen LogP) is 2.36. The summed E-state index contributed by atoms with van der Waals surface area (Å²) in [6, 6.07) is 6.63. The van der Waals surface area contributed by atoms with Crippen molar-refractivity contribution in [2.24, 2.45) is 0 Å². The molecule has 3 nitrogen and oxygen atoms in total. The Kier molecular flexibility index (Phi) is 6.86. The van der Waals surface area contributed by atoms with Crippen molar-refractivity contribution < 1.29 is 13.9 Å². The van der Waals surface area contributed by atoms with E-state index in [9.17, 15) is 4.39 Å². The minimum atomic E-state index is -0.334. The molecule has 0 aliphatic heterocycles. The summed E-state index contributed by atoms with van der Waals surface area (Å²) in [6.45, 7) is 2.98. The molecule has 0 fully saturated rings. The van der Waals surface area contributed by atoms with Crippen molar-refractivity contribution in [3.05, 3.63) is 35.6 Å². The largest absolute Gasteiger partial charge is 0.354 e. The topological polar surface area (TPSA) is 30.5 Å². The predicted molar refractivity (Wildman–Crippen MR) is 70.0 cm³/mol. The molecule has 0 heterocycles. The second-order valence-electron chi connectivity index (χ2n) is 4.23. The minimum absolute atomic E-state index is 0.0155. The number of halogens is 1. The molecule has 18 heavy (non-hydrogen) atoms. The first-order chi connectivity index (χ1) is 8.71. The van der Waals surface area contributed by atoms with Crippen LogP contribution in [0.3, 0.4) is 0 Å². The van der Waals surface area contributed by atoms with Gasteiger partial charge in [0.05, 0.1) is 6.04 Å². The first kappa shape index (κ1) is 15.1. The molecule has 0 radical (unpaired) electrons. The molecular formula is C14H22FNO2. The van der Waals surface area contributed by atoms with E-state index in [1.807, 2.05) is 6.07 Å². The van der Waals surface area contributed by atoms with E-state index >= 15 is 0 Å². The highest BCUT2D eigenvalue weighted by Crippen LogP contribution is 2.10. The second kappa shape index (κ2) is 8.19. The van der Waals surface area contributed by atoms with E-state index in [1.54, 1.807) is 26.4 Å². The smallest absolute Gasteiger partial charge is 0.172 e. The normalized spacial score (nSPS) is 12.9. The Hall–Kier alpha value is -0.970. The highest BCUT2D eigenvalue weighted by atomic mass is 19.1. The molecule has 0 amide bonds. The zero-order chi connectivity index (χ0) is 13.4. The summed E-state index contributed by atoms with van der Waals surface area (Å²) in [4.78, 5) is 0. The monoisotopic (exact) mass is 255 g/mol. The van der Waals surface area contributed by atoms with Gasteiger partial charge in [-0.15, -0.1) is 0 Å². The third-order valence-electron chi connectivity index (χ3n) is 2.79. The molecule has 102 valence electrons. The van der Waals surface area contributed by atoms with Gasteiger partial charge in [0, 0.05) is 14.2 Å². The molecule has 1 atom stereocenters. The Balaban J connectivity index is 2.70. The van der Waals surface area contributed by atoms with Crippen LogP contribution < -0.4 is 5.32 Å². The van der Waals surface area contributed by atoms with Gasteiger partial charge in [-0.3, -0.25) is 0 Å². The maximum absolute atomic E-state index is 13.2. The molecule has 0 saturated heterocycles. The molecular weight excluding hydrogens is 233 g/mol. The molecule has 0 saturated carbocycles. The van der Waals surface area contributed by atoms with E-state index in [2.05, 4.69) is 12.2 Å². The van der Waals surface area contributed by atoms with Gasteiger partial charge in [0.1, 0.15) is 5.82 Å². The average Bonchev–Trinajstić information content (AvgIpc) is 2.37. The van der Waals surface area contributed by atoms with E-state index in [1.165, 1.54) is 6.07 Å². The van der Waals surface area contributed by atoms with Crippen molar-refractivity contribution >= 4 is 0 Å². The fraction of sp³-hybridized carbons (Fsp3) is 0.571. The summed E-state index contributed by atoms with van der Waals surface area (Å²) in [6.07, 6.45) is 1.36. The van der Waals surface area contributed by atoms with E-state index < -0.39 is 0 Å². The summed E-state index contributed by atoms with van der Waals surface area (Å²) < 4.78 is 23.7. The van der Waals surface area contributed by atoms with Crippen LogP contribution >= 0.6 is 0 Å². The van der Waals surface area contributed by atoms with Crippen LogP contribution in [0.1, 0.15) is 18.9 Å². The van der Waals surface area contributed by atoms with Gasteiger partial charge in [0.15, 0.2) is 6.29 Å². The van der Waals surface area contributed by atoms with Gasteiger partial charge in [-0.05, 0) is 37.1 Å². The quantitative estimate of drug-likeness (QED) is 0.723. The summed E-state index contributed by atoms with van der Waals surface area (Å²) in [7, 11) is 3.22. The third-order valence-corrected chi connectivity index (χ3v) is 2.79. The van der Waals surface area contributed by atoms with Crippen LogP contribution in [0, 0.1) is 5.82 Å². The van der Waals surface area contributed by atoms with Crippen molar-refractivity contribution in [2.45, 2.75) is 32.1 Å². The van der Waals surface area contributed by atoms with Crippen LogP contribution in [0.15, 0.2) is 24.3 Å². The molecule has 0 aliphatic carbocycles. The minimum Gasteiger partial charge on any atom is -0.354 e. The lowest BCUT2D eigenvalue weighted by Gasteiger charge is -2.26. The van der Waals surface area contributed by atoms with Crippen molar-refractivity contribution in [3.8, 4) is 0 Å². The molecule has 0 aliphatic rings. The lowest BCUT2D eigenvalue weighted by Crippen LogP contribution is -2.44. The number of methoxy groups -OCH3 is 2. The van der Waals surface area contributed by atoms with Crippen LogP contribution in [0.25, 0.3) is 0 Å². The van der Waals surface area contributed by atoms with Crippen molar-refractivity contribution in [2.75, 3.05) is 20.8 Å². The molecule has 1 unspecified atom stereocenters. The Morgan fingerprint density at radius 2 is 2.00 bits per heavy atom. The Morgan fingerprint density at radius 1 is 1.28 bits per heavy atom. The summed E-state index contributed by atoms with van der Waals surface area (Å²) in [5.41, 5.74) is 0.933. The Morgan fingerprint density at radius 3 is 2.56 bits per heavy atom. The summed E-state index contributed by atoms with van der Waals surface area (Å²) >= 11 is 0. The number of benzene rings is 1. The maximum Gasteiger partial charge on any atom is 0.172 e. The van der Waals surface area contributed by atoms with Gasteiger partial charge in [-0.25, -0.2) is 4.39 Å². The molecule has 1 N–H and O–H groups in total. The zero-order valence-corrected chi connectivity index (χ0v) is 11.3. The lowest BCUT2D eigenvalue weighted by molar-refractivity contribution is -0.122. The summed E-state index contributed by atoms with van der Waals surface area (Å²) in [5.74, 6) is -0.215. The van der Waals surface area contributed by atoms with E-state index in [0.29, 0.717) is 6.42 Å². The summed E-state index contributed by atoms with van der Waals surface area (Å²) in [5, 5.41) is 3.37. The fourth-order valence-corrected chi connectivity index (χ4v) is 1.94. The van der Waals surface area contributed by atoms with Crippen LogP contribution in [0.2, 0.25) is 0 Å². The maximum atomic E-state index is 13.2. The van der Waals surface area contributed by atoms with Crippen LogP contribution in [-0.4, -0.2) is 33.1 Å². The molecule has 1 rings (SSSR count). The highest BCUT2D eigenvalue weighted by molar-refractivity contribution is 5.17. The van der Waals surface area contributed by atoms with E-state index in [-0.39, 0.29) is 18.1 Å².